The zero-order chi connectivity index (χ0) is 12.4. The number of hydrogen-bond acceptors (Lipinski definition) is 4. The van der Waals surface area contributed by atoms with Crippen molar-refractivity contribution < 1.29 is 4.79 Å². The number of aromatic nitrogens is 4. The Morgan fingerprint density at radius 3 is 2.82 bits per heavy atom. The summed E-state index contributed by atoms with van der Waals surface area (Å²) in [5.41, 5.74) is 1.51. The maximum Gasteiger partial charge on any atom is 0.182 e. The number of ketones is 1. The Bertz CT molecular complexity index is 564. The number of carbonyl (C=O) groups excluding carboxylic acids is 1. The molecule has 1 heterocycles. The van der Waals surface area contributed by atoms with Crippen LogP contribution in [0.15, 0.2) is 18.2 Å². The lowest BCUT2D eigenvalue weighted by atomic mass is 10.1. The fourth-order valence-electron chi connectivity index (χ4n) is 1.48. The van der Waals surface area contributed by atoms with Gasteiger partial charge in [-0.05, 0) is 29.8 Å². The van der Waals surface area contributed by atoms with Gasteiger partial charge in [-0.1, -0.05) is 17.7 Å². The predicted molar refractivity (Wildman–Crippen MR) is 63.0 cm³/mol. The summed E-state index contributed by atoms with van der Waals surface area (Å²) < 4.78 is 0. The van der Waals surface area contributed by atoms with Crippen molar-refractivity contribution in [2.75, 3.05) is 0 Å². The van der Waals surface area contributed by atoms with Crippen LogP contribution in [-0.4, -0.2) is 26.0 Å². The van der Waals surface area contributed by atoms with Crippen molar-refractivity contribution in [2.24, 2.45) is 7.05 Å². The first-order valence-electron chi connectivity index (χ1n) is 5.08. The van der Waals surface area contributed by atoms with Crippen LogP contribution in [0.25, 0.3) is 0 Å². The highest BCUT2D eigenvalue weighted by atomic mass is 35.5. The van der Waals surface area contributed by atoms with E-state index in [0.29, 0.717) is 16.4 Å². The van der Waals surface area contributed by atoms with Crippen molar-refractivity contribution in [1.82, 2.24) is 20.2 Å². The molecule has 1 aromatic heterocycles. The lowest BCUT2D eigenvalue weighted by Gasteiger charge is -2.02. The number of aryl methyl sites for hydroxylation is 2. The van der Waals surface area contributed by atoms with Crippen molar-refractivity contribution in [1.29, 1.82) is 0 Å². The van der Waals surface area contributed by atoms with E-state index in [0.717, 1.165) is 5.56 Å². The second-order valence-electron chi connectivity index (χ2n) is 3.78. The summed E-state index contributed by atoms with van der Waals surface area (Å²) in [7, 11) is 1.65. The summed E-state index contributed by atoms with van der Waals surface area (Å²) in [5, 5.41) is 11.8. The van der Waals surface area contributed by atoms with E-state index >= 15 is 0 Å². The number of benzene rings is 1. The molecular formula is C11H11ClN4O. The number of rotatable bonds is 3. The molecule has 0 bridgehead atoms. The quantitative estimate of drug-likeness (QED) is 0.777. The predicted octanol–water partition coefficient (Wildman–Crippen LogP) is 1.60. The summed E-state index contributed by atoms with van der Waals surface area (Å²) in [6.45, 7) is 1.92. The highest BCUT2D eigenvalue weighted by Crippen LogP contribution is 2.18. The maximum atomic E-state index is 12.0. The van der Waals surface area contributed by atoms with Crippen molar-refractivity contribution in [2.45, 2.75) is 13.3 Å². The highest BCUT2D eigenvalue weighted by molar-refractivity contribution is 6.34. The van der Waals surface area contributed by atoms with Crippen LogP contribution in [0.1, 0.15) is 21.7 Å². The van der Waals surface area contributed by atoms with Gasteiger partial charge in [0.1, 0.15) is 0 Å². The zero-order valence-corrected chi connectivity index (χ0v) is 10.3. The summed E-state index contributed by atoms with van der Waals surface area (Å²) >= 11 is 6.01. The molecule has 0 N–H and O–H groups in total. The molecule has 17 heavy (non-hydrogen) atoms. The number of tetrazole rings is 1. The minimum absolute atomic E-state index is 0.108. The van der Waals surface area contributed by atoms with Gasteiger partial charge in [-0.3, -0.25) is 4.79 Å². The first kappa shape index (κ1) is 11.7. The van der Waals surface area contributed by atoms with Crippen LogP contribution in [0, 0.1) is 6.92 Å². The summed E-state index contributed by atoms with van der Waals surface area (Å²) in [5.74, 6) is 0.289. The van der Waals surface area contributed by atoms with Crippen LogP contribution in [0.4, 0.5) is 0 Å². The number of hydrogen-bond donors (Lipinski definition) is 0. The third-order valence-electron chi connectivity index (χ3n) is 2.29. The maximum absolute atomic E-state index is 12.0. The molecule has 0 saturated carbocycles. The summed E-state index contributed by atoms with van der Waals surface area (Å²) in [6, 6.07) is 5.33. The molecule has 5 nitrogen and oxygen atoms in total. The van der Waals surface area contributed by atoms with Gasteiger partial charge in [-0.15, -0.1) is 10.2 Å². The van der Waals surface area contributed by atoms with Crippen molar-refractivity contribution in [3.63, 3.8) is 0 Å². The van der Waals surface area contributed by atoms with Crippen LogP contribution >= 0.6 is 11.6 Å². The van der Waals surface area contributed by atoms with Crippen LogP contribution in [0.2, 0.25) is 5.02 Å². The monoisotopic (exact) mass is 250 g/mol. The van der Waals surface area contributed by atoms with Crippen LogP contribution in [0.5, 0.6) is 0 Å². The lowest BCUT2D eigenvalue weighted by Crippen LogP contribution is -2.06. The van der Waals surface area contributed by atoms with Crippen LogP contribution in [-0.2, 0) is 13.5 Å². The molecule has 0 unspecified atom stereocenters. The Hall–Kier alpha value is -1.75. The normalized spacial score (nSPS) is 10.5. The average molecular weight is 251 g/mol. The largest absolute Gasteiger partial charge is 0.294 e. The van der Waals surface area contributed by atoms with E-state index in [1.807, 2.05) is 13.0 Å². The molecule has 1 aromatic carbocycles. The van der Waals surface area contributed by atoms with Crippen LogP contribution < -0.4 is 0 Å². The molecule has 2 aromatic rings. The molecule has 6 heteroatoms. The standard InChI is InChI=1S/C11H11ClN4O/c1-7-3-4-8(9(12)5-7)10(17)6-11-13-15-16(2)14-11/h3-5H,6H2,1-2H3. The lowest BCUT2D eigenvalue weighted by molar-refractivity contribution is 0.0991. The van der Waals surface area contributed by atoms with E-state index in [-0.39, 0.29) is 12.2 Å². The minimum atomic E-state index is -0.108. The number of carbonyl (C=O) groups is 1. The van der Waals surface area contributed by atoms with Crippen LogP contribution in [0.3, 0.4) is 0 Å². The molecule has 0 radical (unpaired) electrons. The molecule has 0 spiro atoms. The van der Waals surface area contributed by atoms with E-state index in [9.17, 15) is 4.79 Å². The molecule has 0 aliphatic rings. The van der Waals surface area contributed by atoms with E-state index < -0.39 is 0 Å². The first-order chi connectivity index (χ1) is 8.06. The van der Waals surface area contributed by atoms with Gasteiger partial charge < -0.3 is 0 Å². The second-order valence-corrected chi connectivity index (χ2v) is 4.19. The molecule has 0 fully saturated rings. The van der Waals surface area contributed by atoms with E-state index in [4.69, 9.17) is 11.6 Å². The minimum Gasteiger partial charge on any atom is -0.294 e. The van der Waals surface area contributed by atoms with Gasteiger partial charge in [0.25, 0.3) is 0 Å². The summed E-state index contributed by atoms with van der Waals surface area (Å²) in [4.78, 5) is 13.3. The number of halogens is 1. The molecular weight excluding hydrogens is 240 g/mol. The van der Waals surface area contributed by atoms with Crippen molar-refractivity contribution >= 4 is 17.4 Å². The molecule has 0 aliphatic carbocycles. The smallest absolute Gasteiger partial charge is 0.182 e. The Balaban J connectivity index is 2.20. The van der Waals surface area contributed by atoms with E-state index in [1.54, 1.807) is 19.2 Å². The Kier molecular flexibility index (Phi) is 3.19. The Morgan fingerprint density at radius 2 is 2.24 bits per heavy atom. The molecule has 0 atom stereocenters. The molecule has 0 amide bonds. The fraction of sp³-hybridized carbons (Fsp3) is 0.273. The van der Waals surface area contributed by atoms with Crippen molar-refractivity contribution in [3.8, 4) is 0 Å². The zero-order valence-electron chi connectivity index (χ0n) is 9.51. The second kappa shape index (κ2) is 4.63. The SMILES string of the molecule is Cc1ccc(C(=O)Cc2nnn(C)n2)c(Cl)c1. The third-order valence-corrected chi connectivity index (χ3v) is 2.61. The van der Waals surface area contributed by atoms with Crippen molar-refractivity contribution in [3.05, 3.63) is 40.2 Å². The van der Waals surface area contributed by atoms with Gasteiger partial charge in [0.2, 0.25) is 0 Å². The van der Waals surface area contributed by atoms with Gasteiger partial charge in [0, 0.05) is 5.56 Å². The average Bonchev–Trinajstić information content (AvgIpc) is 2.63. The highest BCUT2D eigenvalue weighted by Gasteiger charge is 2.13. The third kappa shape index (κ3) is 2.68. The molecule has 2 rings (SSSR count). The van der Waals surface area contributed by atoms with Gasteiger partial charge >= 0.3 is 0 Å². The van der Waals surface area contributed by atoms with Gasteiger partial charge in [-0.2, -0.15) is 4.80 Å². The van der Waals surface area contributed by atoms with Gasteiger partial charge in [-0.25, -0.2) is 0 Å². The number of Topliss-reactive ketones (excluding diaryl/α,β-unsaturated/α-hetero) is 1. The molecule has 88 valence electrons. The summed E-state index contributed by atoms with van der Waals surface area (Å²) in [6.07, 6.45) is 0.108. The Morgan fingerprint density at radius 1 is 1.47 bits per heavy atom. The Labute approximate surface area is 103 Å². The van der Waals surface area contributed by atoms with Gasteiger partial charge in [0.05, 0.1) is 18.5 Å². The number of nitrogens with zero attached hydrogens (tertiary/aromatic N) is 4. The van der Waals surface area contributed by atoms with E-state index in [2.05, 4.69) is 15.4 Å². The molecule has 0 aliphatic heterocycles. The molecule has 0 saturated heterocycles. The van der Waals surface area contributed by atoms with Gasteiger partial charge in [0.15, 0.2) is 11.6 Å². The fourth-order valence-corrected chi connectivity index (χ4v) is 1.82. The first-order valence-corrected chi connectivity index (χ1v) is 5.46. The van der Waals surface area contributed by atoms with E-state index in [1.165, 1.54) is 4.80 Å². The topological polar surface area (TPSA) is 60.7 Å².